The van der Waals surface area contributed by atoms with Gasteiger partial charge in [0.2, 0.25) is 0 Å². The Bertz CT molecular complexity index is 638. The molecule has 0 fully saturated rings. The summed E-state index contributed by atoms with van der Waals surface area (Å²) in [6, 6.07) is 5.10. The quantitative estimate of drug-likeness (QED) is 0.670. The molecule has 0 spiro atoms. The number of thiophene rings is 1. The number of hydrogen-bond donors (Lipinski definition) is 1. The summed E-state index contributed by atoms with van der Waals surface area (Å²) in [5, 5.41) is 13.0. The number of carbonyl (C=O) groups excluding carboxylic acids is 1. The van der Waals surface area contributed by atoms with Crippen molar-refractivity contribution in [1.29, 1.82) is 0 Å². The molecule has 0 unspecified atom stereocenters. The summed E-state index contributed by atoms with van der Waals surface area (Å²) in [5.41, 5.74) is 2.05. The van der Waals surface area contributed by atoms with Gasteiger partial charge in [0.15, 0.2) is 0 Å². The van der Waals surface area contributed by atoms with Crippen LogP contribution in [0.4, 0.5) is 0 Å². The van der Waals surface area contributed by atoms with E-state index in [1.165, 1.54) is 7.11 Å². The van der Waals surface area contributed by atoms with Crippen LogP contribution in [0.2, 0.25) is 0 Å². The van der Waals surface area contributed by atoms with Gasteiger partial charge in [-0.3, -0.25) is 0 Å². The lowest BCUT2D eigenvalue weighted by Crippen LogP contribution is -2.07. The SMILES string of the molecule is COC(=O)c1cc(C#Cc2ccsc2)cc(CO)n1. The molecule has 0 aliphatic rings. The molecular formula is C14H11NO3S. The minimum absolute atomic E-state index is 0.142. The summed E-state index contributed by atoms with van der Waals surface area (Å²) in [6.45, 7) is -0.252. The minimum Gasteiger partial charge on any atom is -0.464 e. The van der Waals surface area contributed by atoms with Gasteiger partial charge in [-0.25, -0.2) is 9.78 Å². The fraction of sp³-hybridized carbons (Fsp3) is 0.143. The monoisotopic (exact) mass is 273 g/mol. The molecule has 0 saturated carbocycles. The Labute approximate surface area is 114 Å². The van der Waals surface area contributed by atoms with E-state index in [0.717, 1.165) is 5.56 Å². The molecule has 0 aliphatic heterocycles. The van der Waals surface area contributed by atoms with Crippen LogP contribution in [0.15, 0.2) is 29.0 Å². The van der Waals surface area contributed by atoms with Gasteiger partial charge in [-0.2, -0.15) is 11.3 Å². The molecule has 0 radical (unpaired) electrons. The van der Waals surface area contributed by atoms with Crippen LogP contribution in [0, 0.1) is 11.8 Å². The van der Waals surface area contributed by atoms with Crippen LogP contribution in [0.3, 0.4) is 0 Å². The maximum Gasteiger partial charge on any atom is 0.356 e. The molecule has 4 nitrogen and oxygen atoms in total. The van der Waals surface area contributed by atoms with Crippen molar-refractivity contribution in [3.05, 3.63) is 51.5 Å². The largest absolute Gasteiger partial charge is 0.464 e. The van der Waals surface area contributed by atoms with Gasteiger partial charge >= 0.3 is 5.97 Å². The van der Waals surface area contributed by atoms with Gasteiger partial charge in [-0.15, -0.1) is 0 Å². The maximum atomic E-state index is 11.5. The van der Waals surface area contributed by atoms with Gasteiger partial charge < -0.3 is 9.84 Å². The van der Waals surface area contributed by atoms with Gasteiger partial charge in [-0.05, 0) is 23.6 Å². The number of aliphatic hydroxyl groups excluding tert-OH is 1. The molecule has 19 heavy (non-hydrogen) atoms. The minimum atomic E-state index is -0.547. The first-order valence-electron chi connectivity index (χ1n) is 5.47. The molecule has 96 valence electrons. The Balaban J connectivity index is 2.37. The summed E-state index contributed by atoms with van der Waals surface area (Å²) in [5.74, 6) is 5.37. The van der Waals surface area contributed by atoms with Crippen LogP contribution in [-0.2, 0) is 11.3 Å². The fourth-order valence-corrected chi connectivity index (χ4v) is 2.02. The van der Waals surface area contributed by atoms with Crippen molar-refractivity contribution in [3.8, 4) is 11.8 Å². The molecule has 0 bridgehead atoms. The normalized spacial score (nSPS) is 9.58. The van der Waals surface area contributed by atoms with Crippen LogP contribution < -0.4 is 0 Å². The van der Waals surface area contributed by atoms with Crippen molar-refractivity contribution in [2.45, 2.75) is 6.61 Å². The van der Waals surface area contributed by atoms with Crippen LogP contribution in [0.1, 0.15) is 27.3 Å². The average molecular weight is 273 g/mol. The first-order chi connectivity index (χ1) is 9.22. The molecule has 2 rings (SSSR count). The van der Waals surface area contributed by atoms with E-state index >= 15 is 0 Å². The lowest BCUT2D eigenvalue weighted by Gasteiger charge is -2.02. The molecule has 0 aliphatic carbocycles. The fourth-order valence-electron chi connectivity index (χ4n) is 1.43. The number of nitrogens with zero attached hydrogens (tertiary/aromatic N) is 1. The number of ether oxygens (including phenoxy) is 1. The van der Waals surface area contributed by atoms with Crippen LogP contribution >= 0.6 is 11.3 Å². The van der Waals surface area contributed by atoms with Gasteiger partial charge in [0.1, 0.15) is 5.69 Å². The number of rotatable bonds is 2. The molecular weight excluding hydrogens is 262 g/mol. The second-order valence-electron chi connectivity index (χ2n) is 3.64. The summed E-state index contributed by atoms with van der Waals surface area (Å²) in [4.78, 5) is 15.4. The molecule has 0 atom stereocenters. The predicted octanol–water partition coefficient (Wildman–Crippen LogP) is 1.82. The first-order valence-corrected chi connectivity index (χ1v) is 6.41. The maximum absolute atomic E-state index is 11.5. The number of methoxy groups -OCH3 is 1. The Morgan fingerprint density at radius 3 is 2.84 bits per heavy atom. The standard InChI is InChI=1S/C14H11NO3S/c1-18-14(17)13-7-11(6-12(8-16)15-13)3-2-10-4-5-19-9-10/h4-7,9,16H,8H2,1H3. The van der Waals surface area contributed by atoms with E-state index in [2.05, 4.69) is 21.6 Å². The first kappa shape index (κ1) is 13.3. The zero-order valence-electron chi connectivity index (χ0n) is 10.2. The van der Waals surface area contributed by atoms with E-state index in [1.54, 1.807) is 23.5 Å². The van der Waals surface area contributed by atoms with Crippen LogP contribution in [0.5, 0.6) is 0 Å². The summed E-state index contributed by atoms with van der Waals surface area (Å²) in [7, 11) is 1.28. The van der Waals surface area contributed by atoms with E-state index in [0.29, 0.717) is 11.3 Å². The highest BCUT2D eigenvalue weighted by Crippen LogP contribution is 2.08. The van der Waals surface area contributed by atoms with Gasteiger partial charge in [0, 0.05) is 16.5 Å². The smallest absolute Gasteiger partial charge is 0.356 e. The van der Waals surface area contributed by atoms with Crippen molar-refractivity contribution in [2.24, 2.45) is 0 Å². The van der Waals surface area contributed by atoms with E-state index in [1.807, 2.05) is 16.8 Å². The lowest BCUT2D eigenvalue weighted by molar-refractivity contribution is 0.0593. The van der Waals surface area contributed by atoms with E-state index in [-0.39, 0.29) is 12.3 Å². The summed E-state index contributed by atoms with van der Waals surface area (Å²) >= 11 is 1.57. The number of esters is 1. The van der Waals surface area contributed by atoms with Crippen LogP contribution in [0.25, 0.3) is 0 Å². The molecule has 2 aromatic heterocycles. The van der Waals surface area contributed by atoms with Crippen LogP contribution in [-0.4, -0.2) is 23.2 Å². The van der Waals surface area contributed by atoms with Crippen molar-refractivity contribution in [2.75, 3.05) is 7.11 Å². The second-order valence-corrected chi connectivity index (χ2v) is 4.42. The highest BCUT2D eigenvalue weighted by molar-refractivity contribution is 7.08. The van der Waals surface area contributed by atoms with Crippen molar-refractivity contribution < 1.29 is 14.6 Å². The molecule has 2 aromatic rings. The number of hydrogen-bond acceptors (Lipinski definition) is 5. The second kappa shape index (κ2) is 6.14. The highest BCUT2D eigenvalue weighted by atomic mass is 32.1. The average Bonchev–Trinajstić information content (AvgIpc) is 2.97. The predicted molar refractivity (Wildman–Crippen MR) is 71.8 cm³/mol. The van der Waals surface area contributed by atoms with Crippen molar-refractivity contribution >= 4 is 17.3 Å². The molecule has 2 heterocycles. The third kappa shape index (κ3) is 3.41. The zero-order chi connectivity index (χ0) is 13.7. The van der Waals surface area contributed by atoms with Crippen molar-refractivity contribution in [1.82, 2.24) is 4.98 Å². The number of aromatic nitrogens is 1. The molecule has 0 amide bonds. The topological polar surface area (TPSA) is 59.4 Å². The van der Waals surface area contributed by atoms with E-state index in [9.17, 15) is 4.79 Å². The van der Waals surface area contributed by atoms with E-state index in [4.69, 9.17) is 5.11 Å². The van der Waals surface area contributed by atoms with Gasteiger partial charge in [0.25, 0.3) is 0 Å². The molecule has 0 aromatic carbocycles. The van der Waals surface area contributed by atoms with Gasteiger partial charge in [-0.1, -0.05) is 11.8 Å². The molecule has 0 saturated heterocycles. The third-order valence-electron chi connectivity index (χ3n) is 2.31. The Kier molecular flexibility index (Phi) is 4.29. The Hall–Kier alpha value is -2.16. The number of pyridine rings is 1. The van der Waals surface area contributed by atoms with E-state index < -0.39 is 5.97 Å². The molecule has 5 heteroatoms. The third-order valence-corrected chi connectivity index (χ3v) is 2.99. The van der Waals surface area contributed by atoms with Crippen molar-refractivity contribution in [3.63, 3.8) is 0 Å². The number of aliphatic hydroxyl groups is 1. The zero-order valence-corrected chi connectivity index (χ0v) is 11.0. The van der Waals surface area contributed by atoms with Gasteiger partial charge in [0.05, 0.1) is 19.4 Å². The summed E-state index contributed by atoms with van der Waals surface area (Å²) in [6.07, 6.45) is 0. The Morgan fingerprint density at radius 2 is 2.21 bits per heavy atom. The Morgan fingerprint density at radius 1 is 1.42 bits per heavy atom. The summed E-state index contributed by atoms with van der Waals surface area (Å²) < 4.78 is 4.61. The molecule has 1 N–H and O–H groups in total. The lowest BCUT2D eigenvalue weighted by atomic mass is 10.2. The highest BCUT2D eigenvalue weighted by Gasteiger charge is 2.09. The number of carbonyl (C=O) groups is 1.